The van der Waals surface area contributed by atoms with Gasteiger partial charge in [-0.05, 0) is 42.4 Å². The van der Waals surface area contributed by atoms with Gasteiger partial charge in [-0.1, -0.05) is 20.8 Å². The van der Waals surface area contributed by atoms with Crippen molar-refractivity contribution >= 4 is 0 Å². The van der Waals surface area contributed by atoms with Gasteiger partial charge in [-0.2, -0.15) is 0 Å². The zero-order valence-electron chi connectivity index (χ0n) is 7.35. The molecule has 0 radical (unpaired) electrons. The molecule has 3 atom stereocenters. The average Bonchev–Trinajstić information content (AvgIpc) is 1.88. The predicted octanol–water partition coefficient (Wildman–Crippen LogP) is 3.08. The highest BCUT2D eigenvalue weighted by molar-refractivity contribution is 5.00. The molecule has 2 unspecified atom stereocenters. The number of hydrogen-bond acceptors (Lipinski definition) is 0. The summed E-state index contributed by atoms with van der Waals surface area (Å²) in [6.07, 6.45) is 4.55. The Morgan fingerprint density at radius 1 is 1.20 bits per heavy atom. The van der Waals surface area contributed by atoms with Crippen molar-refractivity contribution in [1.29, 1.82) is 0 Å². The van der Waals surface area contributed by atoms with E-state index < -0.39 is 0 Å². The molecule has 0 aliphatic heterocycles. The van der Waals surface area contributed by atoms with Gasteiger partial charge in [0.2, 0.25) is 0 Å². The molecule has 0 amide bonds. The van der Waals surface area contributed by atoms with Crippen LogP contribution in [0.1, 0.15) is 40.0 Å². The molecule has 0 aromatic rings. The molecule has 2 aliphatic rings. The molecule has 2 saturated carbocycles. The molecule has 0 spiro atoms. The Morgan fingerprint density at radius 2 is 1.90 bits per heavy atom. The van der Waals surface area contributed by atoms with Gasteiger partial charge in [-0.15, -0.1) is 0 Å². The van der Waals surface area contributed by atoms with Gasteiger partial charge in [0.15, 0.2) is 0 Å². The molecule has 58 valence electrons. The fourth-order valence-electron chi connectivity index (χ4n) is 2.95. The van der Waals surface area contributed by atoms with Crippen molar-refractivity contribution in [2.24, 2.45) is 23.2 Å². The molecule has 0 aromatic heterocycles. The molecule has 0 N–H and O–H groups in total. The van der Waals surface area contributed by atoms with Crippen molar-refractivity contribution in [3.8, 4) is 0 Å². The van der Waals surface area contributed by atoms with E-state index in [2.05, 4.69) is 20.8 Å². The minimum Gasteiger partial charge on any atom is -0.0620 e. The molecule has 0 aromatic carbocycles. The summed E-state index contributed by atoms with van der Waals surface area (Å²) >= 11 is 0. The fourth-order valence-corrected chi connectivity index (χ4v) is 2.95. The van der Waals surface area contributed by atoms with Gasteiger partial charge >= 0.3 is 0 Å². The summed E-state index contributed by atoms with van der Waals surface area (Å²) in [7, 11) is 0. The lowest BCUT2D eigenvalue weighted by molar-refractivity contribution is 0.0996. The van der Waals surface area contributed by atoms with E-state index in [0.29, 0.717) is 5.41 Å². The van der Waals surface area contributed by atoms with E-state index in [4.69, 9.17) is 0 Å². The molecule has 2 fully saturated rings. The smallest absolute Gasteiger partial charge is 0.0297 e. The first-order valence-corrected chi connectivity index (χ1v) is 4.62. The van der Waals surface area contributed by atoms with E-state index >= 15 is 0 Å². The van der Waals surface area contributed by atoms with Gasteiger partial charge < -0.3 is 0 Å². The van der Waals surface area contributed by atoms with Gasteiger partial charge in [0.05, 0.1) is 0 Å². The summed E-state index contributed by atoms with van der Waals surface area (Å²) in [5.74, 6) is 3.18. The highest BCUT2D eigenvalue weighted by Gasteiger charge is 2.50. The maximum atomic E-state index is 2.46. The Hall–Kier alpha value is 0. The third-order valence-corrected chi connectivity index (χ3v) is 4.30. The van der Waals surface area contributed by atoms with Crippen LogP contribution in [0.3, 0.4) is 0 Å². The molecule has 0 heterocycles. The highest BCUT2D eigenvalue weighted by atomic mass is 14.6. The van der Waals surface area contributed by atoms with Gasteiger partial charge in [-0.25, -0.2) is 0 Å². The molecular formula is C10H18. The summed E-state index contributed by atoms with van der Waals surface area (Å²) in [6, 6.07) is 0. The van der Waals surface area contributed by atoms with Crippen molar-refractivity contribution in [1.82, 2.24) is 0 Å². The van der Waals surface area contributed by atoms with Gasteiger partial charge in [0, 0.05) is 0 Å². The second-order valence-corrected chi connectivity index (χ2v) is 4.90. The summed E-state index contributed by atoms with van der Waals surface area (Å²) in [5, 5.41) is 0. The minimum absolute atomic E-state index is 0.670. The van der Waals surface area contributed by atoms with Crippen molar-refractivity contribution in [3.63, 3.8) is 0 Å². The van der Waals surface area contributed by atoms with Crippen LogP contribution in [-0.4, -0.2) is 0 Å². The van der Waals surface area contributed by atoms with E-state index in [0.717, 1.165) is 17.8 Å². The molecule has 2 rings (SSSR count). The maximum absolute atomic E-state index is 2.46. The third-order valence-electron chi connectivity index (χ3n) is 4.30. The topological polar surface area (TPSA) is 0 Å². The molecule has 2 aliphatic carbocycles. The van der Waals surface area contributed by atoms with Gasteiger partial charge in [0.1, 0.15) is 0 Å². The van der Waals surface area contributed by atoms with Crippen molar-refractivity contribution < 1.29 is 0 Å². The minimum atomic E-state index is 0.670. The van der Waals surface area contributed by atoms with Crippen LogP contribution in [0, 0.1) is 23.2 Å². The summed E-state index contributed by atoms with van der Waals surface area (Å²) in [4.78, 5) is 0. The first kappa shape index (κ1) is 6.69. The van der Waals surface area contributed by atoms with E-state index in [1.54, 1.807) is 0 Å². The SMILES string of the molecule is C[C@H]1CC2CCC2C1(C)C. The molecule has 0 bridgehead atoms. The summed E-state index contributed by atoms with van der Waals surface area (Å²) in [6.45, 7) is 7.35. The van der Waals surface area contributed by atoms with Crippen molar-refractivity contribution in [2.45, 2.75) is 40.0 Å². The van der Waals surface area contributed by atoms with Crippen LogP contribution < -0.4 is 0 Å². The molecular weight excluding hydrogens is 120 g/mol. The standard InChI is InChI=1S/C10H18/c1-7-6-8-4-5-9(8)10(7,2)3/h7-9H,4-6H2,1-3H3/t7-,8?,9?/m0/s1. The zero-order chi connectivity index (χ0) is 7.35. The van der Waals surface area contributed by atoms with Crippen LogP contribution in [0.25, 0.3) is 0 Å². The summed E-state index contributed by atoms with van der Waals surface area (Å²) < 4.78 is 0. The summed E-state index contributed by atoms with van der Waals surface area (Å²) in [5.41, 5.74) is 0.670. The Morgan fingerprint density at radius 3 is 2.10 bits per heavy atom. The van der Waals surface area contributed by atoms with Crippen molar-refractivity contribution in [2.75, 3.05) is 0 Å². The monoisotopic (exact) mass is 138 g/mol. The average molecular weight is 138 g/mol. The van der Waals surface area contributed by atoms with Crippen LogP contribution >= 0.6 is 0 Å². The quantitative estimate of drug-likeness (QED) is 0.482. The van der Waals surface area contributed by atoms with E-state index in [-0.39, 0.29) is 0 Å². The van der Waals surface area contributed by atoms with Crippen LogP contribution in [0.2, 0.25) is 0 Å². The largest absolute Gasteiger partial charge is 0.0620 e. The zero-order valence-corrected chi connectivity index (χ0v) is 7.35. The fraction of sp³-hybridized carbons (Fsp3) is 1.00. The number of rotatable bonds is 0. The van der Waals surface area contributed by atoms with Crippen LogP contribution in [0.15, 0.2) is 0 Å². The number of hydrogen-bond donors (Lipinski definition) is 0. The second kappa shape index (κ2) is 1.78. The van der Waals surface area contributed by atoms with Crippen LogP contribution in [0.4, 0.5) is 0 Å². The van der Waals surface area contributed by atoms with Crippen LogP contribution in [-0.2, 0) is 0 Å². The highest BCUT2D eigenvalue weighted by Crippen LogP contribution is 2.59. The number of fused-ring (bicyclic) bond motifs is 1. The van der Waals surface area contributed by atoms with Gasteiger partial charge in [0.25, 0.3) is 0 Å². The predicted molar refractivity (Wildman–Crippen MR) is 43.8 cm³/mol. The van der Waals surface area contributed by atoms with Crippen LogP contribution in [0.5, 0.6) is 0 Å². The Bertz CT molecular complexity index is 146. The Balaban J connectivity index is 2.19. The molecule has 10 heavy (non-hydrogen) atoms. The Labute approximate surface area is 64.0 Å². The lowest BCUT2D eigenvalue weighted by atomic mass is 9.66. The Kier molecular flexibility index (Phi) is 1.19. The maximum Gasteiger partial charge on any atom is -0.0297 e. The first-order chi connectivity index (χ1) is 4.62. The lowest BCUT2D eigenvalue weighted by Crippen LogP contribution is -2.31. The molecule has 0 saturated heterocycles. The third kappa shape index (κ3) is 0.627. The molecule has 0 nitrogen and oxygen atoms in total. The van der Waals surface area contributed by atoms with E-state index in [9.17, 15) is 0 Å². The first-order valence-electron chi connectivity index (χ1n) is 4.62. The second-order valence-electron chi connectivity index (χ2n) is 4.90. The van der Waals surface area contributed by atoms with Gasteiger partial charge in [-0.3, -0.25) is 0 Å². The lowest BCUT2D eigenvalue weighted by Gasteiger charge is -2.39. The van der Waals surface area contributed by atoms with E-state index in [1.165, 1.54) is 19.3 Å². The van der Waals surface area contributed by atoms with Crippen molar-refractivity contribution in [3.05, 3.63) is 0 Å². The molecule has 0 heteroatoms. The normalized spacial score (nSPS) is 50.1. The van der Waals surface area contributed by atoms with E-state index in [1.807, 2.05) is 0 Å².